The number of carbonyl (C=O) groups is 1. The van der Waals surface area contributed by atoms with Crippen LogP contribution in [0.5, 0.6) is 5.75 Å². The third kappa shape index (κ3) is 3.17. The fourth-order valence-corrected chi connectivity index (χ4v) is 1.44. The third-order valence-electron chi connectivity index (χ3n) is 2.15. The first-order valence-corrected chi connectivity index (χ1v) is 5.25. The summed E-state index contributed by atoms with van der Waals surface area (Å²) in [5.41, 5.74) is -2.19. The van der Waals surface area contributed by atoms with E-state index >= 15 is 0 Å². The molecule has 0 amide bonds. The molecule has 0 fully saturated rings. The number of nitrogens with zero attached hydrogens (tertiary/aromatic N) is 2. The second kappa shape index (κ2) is 6.42. The molecule has 1 aromatic carbocycles. The summed E-state index contributed by atoms with van der Waals surface area (Å²) in [6.07, 6.45) is 0. The minimum absolute atomic E-state index is 0.0346. The number of nitro groups is 1. The van der Waals surface area contributed by atoms with Gasteiger partial charge >= 0.3 is 18.3 Å². The van der Waals surface area contributed by atoms with E-state index in [0.717, 1.165) is 12.1 Å². The number of nitriles is 1. The van der Waals surface area contributed by atoms with Gasteiger partial charge in [-0.05, 0) is 19.1 Å². The zero-order valence-electron chi connectivity index (χ0n) is 10.1. The molecule has 20 heavy (non-hydrogen) atoms. The molecule has 0 aliphatic carbocycles. The van der Waals surface area contributed by atoms with Crippen molar-refractivity contribution in [2.45, 2.75) is 13.5 Å². The zero-order chi connectivity index (χ0) is 15.3. The van der Waals surface area contributed by atoms with Gasteiger partial charge in [-0.25, -0.2) is 4.79 Å². The molecule has 1 aromatic rings. The van der Waals surface area contributed by atoms with Crippen molar-refractivity contribution in [2.75, 3.05) is 6.61 Å². The van der Waals surface area contributed by atoms with Crippen LogP contribution in [0.2, 0.25) is 0 Å². The number of alkyl halides is 2. The molecule has 0 spiro atoms. The van der Waals surface area contributed by atoms with Crippen LogP contribution in [0.4, 0.5) is 14.5 Å². The first-order chi connectivity index (χ1) is 9.42. The van der Waals surface area contributed by atoms with Gasteiger partial charge in [0.2, 0.25) is 0 Å². The lowest BCUT2D eigenvalue weighted by Crippen LogP contribution is -2.11. The van der Waals surface area contributed by atoms with E-state index < -0.39 is 40.1 Å². The fourth-order valence-electron chi connectivity index (χ4n) is 1.44. The van der Waals surface area contributed by atoms with Gasteiger partial charge < -0.3 is 9.47 Å². The second-order valence-electron chi connectivity index (χ2n) is 3.30. The van der Waals surface area contributed by atoms with Crippen molar-refractivity contribution in [2.24, 2.45) is 0 Å². The van der Waals surface area contributed by atoms with Crippen LogP contribution in [-0.4, -0.2) is 24.1 Å². The Bertz CT molecular complexity index is 583. The summed E-state index contributed by atoms with van der Waals surface area (Å²) < 4.78 is 32.9. The normalized spacial score (nSPS) is 9.95. The molecule has 0 aliphatic rings. The van der Waals surface area contributed by atoms with Crippen molar-refractivity contribution in [3.63, 3.8) is 0 Å². The first kappa shape index (κ1) is 15.3. The van der Waals surface area contributed by atoms with E-state index in [4.69, 9.17) is 5.26 Å². The van der Waals surface area contributed by atoms with Gasteiger partial charge in [0.05, 0.1) is 11.5 Å². The number of hydrogen-bond acceptors (Lipinski definition) is 6. The van der Waals surface area contributed by atoms with Gasteiger partial charge in [-0.15, -0.1) is 0 Å². The minimum atomic E-state index is -3.25. The molecule has 0 aromatic heterocycles. The molecule has 0 aliphatic heterocycles. The number of nitro benzene ring substituents is 1. The van der Waals surface area contributed by atoms with Crippen molar-refractivity contribution < 1.29 is 28.0 Å². The number of benzene rings is 1. The van der Waals surface area contributed by atoms with Crippen LogP contribution < -0.4 is 4.74 Å². The maximum absolute atomic E-state index is 12.2. The number of ether oxygens (including phenoxy) is 2. The lowest BCUT2D eigenvalue weighted by atomic mass is 10.1. The molecule has 1 rings (SSSR count). The lowest BCUT2D eigenvalue weighted by molar-refractivity contribution is -0.385. The fraction of sp³-hybridized carbons (Fsp3) is 0.273. The molecule has 0 saturated carbocycles. The average molecular weight is 286 g/mol. The Morgan fingerprint density at radius 1 is 1.55 bits per heavy atom. The Morgan fingerprint density at radius 3 is 2.65 bits per heavy atom. The molecule has 0 unspecified atom stereocenters. The Balaban J connectivity index is 3.47. The zero-order valence-corrected chi connectivity index (χ0v) is 10.1. The highest BCUT2D eigenvalue weighted by molar-refractivity contribution is 5.95. The van der Waals surface area contributed by atoms with Gasteiger partial charge in [0.1, 0.15) is 11.6 Å². The van der Waals surface area contributed by atoms with E-state index in [-0.39, 0.29) is 6.61 Å². The summed E-state index contributed by atoms with van der Waals surface area (Å²) in [6, 6.07) is 3.16. The monoisotopic (exact) mass is 286 g/mol. The molecule has 9 heteroatoms. The Labute approximate surface area is 111 Å². The van der Waals surface area contributed by atoms with E-state index in [1.807, 2.05) is 0 Å². The highest BCUT2D eigenvalue weighted by Gasteiger charge is 2.29. The maximum atomic E-state index is 12.2. The van der Waals surface area contributed by atoms with Crippen LogP contribution >= 0.6 is 0 Å². The van der Waals surface area contributed by atoms with Crippen LogP contribution in [0.3, 0.4) is 0 Å². The predicted molar refractivity (Wildman–Crippen MR) is 60.4 cm³/mol. The van der Waals surface area contributed by atoms with E-state index in [1.54, 1.807) is 0 Å². The Kier molecular flexibility index (Phi) is 4.91. The van der Waals surface area contributed by atoms with E-state index in [9.17, 15) is 23.7 Å². The molecule has 106 valence electrons. The quantitative estimate of drug-likeness (QED) is 0.467. The summed E-state index contributed by atoms with van der Waals surface area (Å²) in [5.74, 6) is -1.71. The van der Waals surface area contributed by atoms with Crippen molar-refractivity contribution >= 4 is 11.7 Å². The number of rotatable bonds is 5. The summed E-state index contributed by atoms with van der Waals surface area (Å²) in [6.45, 7) is -1.80. The number of esters is 1. The number of hydrogen-bond donors (Lipinski definition) is 0. The molecule has 0 radical (unpaired) electrons. The smallest absolute Gasteiger partial charge is 0.387 e. The molecule has 0 N–H and O–H groups in total. The van der Waals surface area contributed by atoms with Crippen LogP contribution in [-0.2, 0) is 4.74 Å². The largest absolute Gasteiger partial charge is 0.462 e. The summed E-state index contributed by atoms with van der Waals surface area (Å²) in [5, 5.41) is 19.8. The summed E-state index contributed by atoms with van der Waals surface area (Å²) in [4.78, 5) is 21.5. The minimum Gasteiger partial charge on any atom is -0.462 e. The first-order valence-electron chi connectivity index (χ1n) is 5.25. The van der Waals surface area contributed by atoms with Crippen molar-refractivity contribution in [1.82, 2.24) is 0 Å². The third-order valence-corrected chi connectivity index (χ3v) is 2.15. The topological polar surface area (TPSA) is 102 Å². The van der Waals surface area contributed by atoms with E-state index in [1.165, 1.54) is 13.0 Å². The van der Waals surface area contributed by atoms with Gasteiger partial charge in [0.25, 0.3) is 0 Å². The summed E-state index contributed by atoms with van der Waals surface area (Å²) in [7, 11) is 0. The standard InChI is InChI=1S/C11H8F2N2O5/c1-2-19-10(16)6-3-4-8(20-11(12)13)7(5-14)9(6)15(17)18/h3-4,11H,2H2,1H3. The lowest BCUT2D eigenvalue weighted by Gasteiger charge is -2.09. The Morgan fingerprint density at radius 2 is 2.20 bits per heavy atom. The Hall–Kier alpha value is -2.76. The van der Waals surface area contributed by atoms with Crippen LogP contribution in [0.1, 0.15) is 22.8 Å². The van der Waals surface area contributed by atoms with Gasteiger partial charge in [0.15, 0.2) is 11.3 Å². The van der Waals surface area contributed by atoms with Gasteiger partial charge in [-0.1, -0.05) is 0 Å². The molecule has 0 heterocycles. The predicted octanol–water partition coefficient (Wildman–Crippen LogP) is 2.24. The van der Waals surface area contributed by atoms with Crippen LogP contribution in [0, 0.1) is 21.4 Å². The molecule has 0 atom stereocenters. The highest BCUT2D eigenvalue weighted by Crippen LogP contribution is 2.32. The van der Waals surface area contributed by atoms with E-state index in [0.29, 0.717) is 0 Å². The number of carbonyl (C=O) groups excluding carboxylic acids is 1. The highest BCUT2D eigenvalue weighted by atomic mass is 19.3. The molecule has 0 saturated heterocycles. The van der Waals surface area contributed by atoms with Gasteiger partial charge in [0, 0.05) is 0 Å². The SMILES string of the molecule is CCOC(=O)c1ccc(OC(F)F)c(C#N)c1[N+](=O)[O-]. The number of halogens is 2. The second-order valence-corrected chi connectivity index (χ2v) is 3.30. The van der Waals surface area contributed by atoms with Gasteiger partial charge in [-0.2, -0.15) is 14.0 Å². The summed E-state index contributed by atoms with van der Waals surface area (Å²) >= 11 is 0. The van der Waals surface area contributed by atoms with Crippen molar-refractivity contribution in [3.8, 4) is 11.8 Å². The molecule has 7 nitrogen and oxygen atoms in total. The van der Waals surface area contributed by atoms with Gasteiger partial charge in [-0.3, -0.25) is 10.1 Å². The average Bonchev–Trinajstić information content (AvgIpc) is 2.37. The molecular formula is C11H8F2N2O5. The van der Waals surface area contributed by atoms with E-state index in [2.05, 4.69) is 9.47 Å². The van der Waals surface area contributed by atoms with Crippen molar-refractivity contribution in [1.29, 1.82) is 5.26 Å². The molecular weight excluding hydrogens is 278 g/mol. The van der Waals surface area contributed by atoms with Crippen LogP contribution in [0.15, 0.2) is 12.1 Å². The van der Waals surface area contributed by atoms with Crippen molar-refractivity contribution in [3.05, 3.63) is 33.4 Å². The van der Waals surface area contributed by atoms with Crippen LogP contribution in [0.25, 0.3) is 0 Å². The molecule has 0 bridgehead atoms. The maximum Gasteiger partial charge on any atom is 0.387 e.